The number of carbonyl (C=O) groups is 1. The van der Waals surface area contributed by atoms with Crippen molar-refractivity contribution in [3.63, 3.8) is 0 Å². The van der Waals surface area contributed by atoms with Crippen LogP contribution in [-0.2, 0) is 4.79 Å². The molecule has 1 rings (SSSR count). The summed E-state index contributed by atoms with van der Waals surface area (Å²) < 4.78 is 0. The van der Waals surface area contributed by atoms with Crippen LogP contribution in [0.5, 0.6) is 0 Å². The molecule has 0 spiro atoms. The van der Waals surface area contributed by atoms with Gasteiger partial charge in [0.2, 0.25) is 0 Å². The fourth-order valence-electron chi connectivity index (χ4n) is 2.65. The van der Waals surface area contributed by atoms with Gasteiger partial charge in [-0.25, -0.2) is 0 Å². The van der Waals surface area contributed by atoms with E-state index in [1.807, 2.05) is 0 Å². The Kier molecular flexibility index (Phi) is 6.18. The number of hydrogen-bond acceptors (Lipinski definition) is 1. The van der Waals surface area contributed by atoms with Crippen LogP contribution in [0, 0.1) is 11.8 Å². The SMILES string of the molecule is CCCCCC1CCC(C(Cl)C(=O)O)CC1. The minimum absolute atomic E-state index is 0.196. The highest BCUT2D eigenvalue weighted by atomic mass is 35.5. The first-order chi connectivity index (χ1) is 7.65. The Balaban J connectivity index is 2.20. The summed E-state index contributed by atoms with van der Waals surface area (Å²) in [6.07, 6.45) is 9.59. The lowest BCUT2D eigenvalue weighted by atomic mass is 9.78. The van der Waals surface area contributed by atoms with E-state index in [0.717, 1.165) is 18.8 Å². The van der Waals surface area contributed by atoms with E-state index < -0.39 is 11.3 Å². The van der Waals surface area contributed by atoms with Gasteiger partial charge in [-0.2, -0.15) is 0 Å². The molecule has 0 aromatic carbocycles. The zero-order valence-corrected chi connectivity index (χ0v) is 10.9. The molecular weight excluding hydrogens is 224 g/mol. The second-order valence-electron chi connectivity index (χ2n) is 5.02. The maximum Gasteiger partial charge on any atom is 0.321 e. The van der Waals surface area contributed by atoms with Gasteiger partial charge >= 0.3 is 5.97 Å². The van der Waals surface area contributed by atoms with Crippen molar-refractivity contribution < 1.29 is 9.90 Å². The van der Waals surface area contributed by atoms with Gasteiger partial charge in [0.05, 0.1) is 0 Å². The normalized spacial score (nSPS) is 27.6. The molecule has 1 atom stereocenters. The fraction of sp³-hybridized carbons (Fsp3) is 0.923. The van der Waals surface area contributed by atoms with Crippen LogP contribution in [0.15, 0.2) is 0 Å². The van der Waals surface area contributed by atoms with Crippen molar-refractivity contribution >= 4 is 17.6 Å². The molecule has 1 N–H and O–H groups in total. The van der Waals surface area contributed by atoms with Crippen LogP contribution in [0.1, 0.15) is 58.3 Å². The quantitative estimate of drug-likeness (QED) is 0.567. The molecule has 0 heterocycles. The molecule has 3 heteroatoms. The average Bonchev–Trinajstić information content (AvgIpc) is 2.29. The zero-order chi connectivity index (χ0) is 12.0. The van der Waals surface area contributed by atoms with E-state index >= 15 is 0 Å². The van der Waals surface area contributed by atoms with Gasteiger partial charge in [0.25, 0.3) is 0 Å². The number of unbranched alkanes of at least 4 members (excludes halogenated alkanes) is 2. The molecule has 1 aliphatic carbocycles. The first-order valence-electron chi connectivity index (χ1n) is 6.52. The highest BCUT2D eigenvalue weighted by Crippen LogP contribution is 2.35. The van der Waals surface area contributed by atoms with Crippen LogP contribution >= 0.6 is 11.6 Å². The van der Waals surface area contributed by atoms with Crippen molar-refractivity contribution in [1.29, 1.82) is 0 Å². The van der Waals surface area contributed by atoms with Gasteiger partial charge in [0.15, 0.2) is 0 Å². The Morgan fingerprint density at radius 3 is 2.44 bits per heavy atom. The average molecular weight is 247 g/mol. The number of alkyl halides is 1. The third-order valence-corrected chi connectivity index (χ3v) is 4.30. The predicted molar refractivity (Wildman–Crippen MR) is 66.9 cm³/mol. The van der Waals surface area contributed by atoms with Crippen molar-refractivity contribution in [1.82, 2.24) is 0 Å². The number of aliphatic carboxylic acids is 1. The summed E-state index contributed by atoms with van der Waals surface area (Å²) in [4.78, 5) is 10.8. The molecule has 2 nitrogen and oxygen atoms in total. The van der Waals surface area contributed by atoms with E-state index in [4.69, 9.17) is 16.7 Å². The van der Waals surface area contributed by atoms with Crippen LogP contribution in [-0.4, -0.2) is 16.5 Å². The van der Waals surface area contributed by atoms with Crippen LogP contribution < -0.4 is 0 Å². The van der Waals surface area contributed by atoms with Gasteiger partial charge in [-0.05, 0) is 24.7 Å². The topological polar surface area (TPSA) is 37.3 Å². The van der Waals surface area contributed by atoms with Crippen LogP contribution in [0.3, 0.4) is 0 Å². The van der Waals surface area contributed by atoms with Crippen molar-refractivity contribution in [2.75, 3.05) is 0 Å². The van der Waals surface area contributed by atoms with Gasteiger partial charge in [-0.1, -0.05) is 45.4 Å². The van der Waals surface area contributed by atoms with Gasteiger partial charge in [0.1, 0.15) is 5.38 Å². The molecule has 0 aromatic rings. The van der Waals surface area contributed by atoms with Gasteiger partial charge in [-0.15, -0.1) is 11.6 Å². The van der Waals surface area contributed by atoms with Crippen molar-refractivity contribution in [2.24, 2.45) is 11.8 Å². The summed E-state index contributed by atoms with van der Waals surface area (Å²) in [5, 5.41) is 8.17. The van der Waals surface area contributed by atoms with Crippen LogP contribution in [0.25, 0.3) is 0 Å². The maximum absolute atomic E-state index is 10.8. The third kappa shape index (κ3) is 4.32. The monoisotopic (exact) mass is 246 g/mol. The molecule has 0 saturated heterocycles. The van der Waals surface area contributed by atoms with Crippen LogP contribution in [0.4, 0.5) is 0 Å². The lowest BCUT2D eigenvalue weighted by Crippen LogP contribution is -2.28. The first kappa shape index (κ1) is 13.8. The van der Waals surface area contributed by atoms with Crippen molar-refractivity contribution in [3.8, 4) is 0 Å². The lowest BCUT2D eigenvalue weighted by molar-refractivity contribution is -0.137. The van der Waals surface area contributed by atoms with Gasteiger partial charge in [-0.3, -0.25) is 4.79 Å². The molecule has 0 aromatic heterocycles. The molecule has 16 heavy (non-hydrogen) atoms. The Labute approximate surface area is 103 Å². The fourth-order valence-corrected chi connectivity index (χ4v) is 2.91. The molecular formula is C13H23ClO2. The summed E-state index contributed by atoms with van der Waals surface area (Å²) in [7, 11) is 0. The number of halogens is 1. The van der Waals surface area contributed by atoms with Crippen LogP contribution in [0.2, 0.25) is 0 Å². The summed E-state index contributed by atoms with van der Waals surface area (Å²) in [6, 6.07) is 0. The molecule has 0 bridgehead atoms. The number of carboxylic acid groups (broad SMARTS) is 1. The molecule has 1 fully saturated rings. The van der Waals surface area contributed by atoms with E-state index in [2.05, 4.69) is 6.92 Å². The Morgan fingerprint density at radius 1 is 1.31 bits per heavy atom. The van der Waals surface area contributed by atoms with E-state index in [-0.39, 0.29) is 5.92 Å². The van der Waals surface area contributed by atoms with Gasteiger partial charge in [0, 0.05) is 0 Å². The molecule has 1 saturated carbocycles. The standard InChI is InChI=1S/C13H23ClO2/c1-2-3-4-5-10-6-8-11(9-7-10)12(14)13(15)16/h10-12H,2-9H2,1H3,(H,15,16). The Morgan fingerprint density at radius 2 is 1.94 bits per heavy atom. The van der Waals surface area contributed by atoms with E-state index in [1.54, 1.807) is 0 Å². The minimum Gasteiger partial charge on any atom is -0.480 e. The molecule has 94 valence electrons. The maximum atomic E-state index is 10.8. The van der Waals surface area contributed by atoms with Gasteiger partial charge < -0.3 is 5.11 Å². The summed E-state index contributed by atoms with van der Waals surface area (Å²) in [5.41, 5.74) is 0. The number of rotatable bonds is 6. The van der Waals surface area contributed by atoms with E-state index in [1.165, 1.54) is 38.5 Å². The van der Waals surface area contributed by atoms with E-state index in [9.17, 15) is 4.79 Å². The number of hydrogen-bond donors (Lipinski definition) is 1. The minimum atomic E-state index is -0.851. The summed E-state index contributed by atoms with van der Waals surface area (Å²) >= 11 is 5.87. The largest absolute Gasteiger partial charge is 0.480 e. The molecule has 0 radical (unpaired) electrons. The Hall–Kier alpha value is -0.240. The predicted octanol–water partition coefficient (Wildman–Crippen LogP) is 4.07. The second-order valence-corrected chi connectivity index (χ2v) is 5.49. The van der Waals surface area contributed by atoms with E-state index in [0.29, 0.717) is 0 Å². The first-order valence-corrected chi connectivity index (χ1v) is 6.95. The summed E-state index contributed by atoms with van der Waals surface area (Å²) in [6.45, 7) is 2.22. The molecule has 0 amide bonds. The van der Waals surface area contributed by atoms with Crippen molar-refractivity contribution in [2.45, 2.75) is 63.7 Å². The zero-order valence-electron chi connectivity index (χ0n) is 10.1. The molecule has 0 aliphatic heterocycles. The third-order valence-electron chi connectivity index (χ3n) is 3.76. The number of carboxylic acids is 1. The lowest BCUT2D eigenvalue weighted by Gasteiger charge is -2.29. The molecule has 1 unspecified atom stereocenters. The summed E-state index contributed by atoms with van der Waals surface area (Å²) in [5.74, 6) is 0.165. The van der Waals surface area contributed by atoms with Crippen molar-refractivity contribution in [3.05, 3.63) is 0 Å². The smallest absolute Gasteiger partial charge is 0.321 e. The Bertz CT molecular complexity index is 210. The highest BCUT2D eigenvalue weighted by Gasteiger charge is 2.30. The molecule has 1 aliphatic rings. The highest BCUT2D eigenvalue weighted by molar-refractivity contribution is 6.29. The second kappa shape index (κ2) is 7.16.